The molecule has 0 spiro atoms. The second-order valence-corrected chi connectivity index (χ2v) is 6.22. The lowest BCUT2D eigenvalue weighted by Gasteiger charge is -2.16. The van der Waals surface area contributed by atoms with E-state index in [1.54, 1.807) is 31.2 Å². The number of hydrogen-bond donors (Lipinski definition) is 0. The van der Waals surface area contributed by atoms with Gasteiger partial charge in [-0.3, -0.25) is 4.79 Å². The van der Waals surface area contributed by atoms with E-state index in [0.717, 1.165) is 5.56 Å². The summed E-state index contributed by atoms with van der Waals surface area (Å²) >= 11 is 12.1. The fourth-order valence-electron chi connectivity index (χ4n) is 2.48. The molecular formula is C17H16Cl2N2O4. The molecule has 0 aliphatic rings. The van der Waals surface area contributed by atoms with Crippen molar-refractivity contribution in [3.05, 3.63) is 72.5 Å². The lowest BCUT2D eigenvalue weighted by molar-refractivity contribution is 0.0600. The Labute approximate surface area is 154 Å². The zero-order valence-electron chi connectivity index (χ0n) is 13.7. The minimum atomic E-state index is -0.779. The molecule has 2 rings (SSSR count). The topological polar surface area (TPSA) is 77.7 Å². The molecule has 1 heterocycles. The number of carbonyl (C=O) groups is 1. The normalized spacial score (nSPS) is 11.8. The maximum atomic E-state index is 12.3. The number of hydrogen-bond acceptors (Lipinski definition) is 5. The van der Waals surface area contributed by atoms with Gasteiger partial charge in [0.25, 0.3) is 5.56 Å². The van der Waals surface area contributed by atoms with Gasteiger partial charge in [-0.05, 0) is 37.1 Å². The number of carbonyl (C=O) groups excluding carboxylic acids is 1. The highest BCUT2D eigenvalue weighted by Crippen LogP contribution is 2.26. The monoisotopic (exact) mass is 382 g/mol. The Bertz CT molecular complexity index is 847. The number of nitrogens with zero attached hydrogens (tertiary/aromatic N) is 2. The third-order valence-corrected chi connectivity index (χ3v) is 4.36. The summed E-state index contributed by atoms with van der Waals surface area (Å²) in [5.74, 6) is -0.419. The molecule has 0 aliphatic heterocycles. The highest BCUT2D eigenvalue weighted by Gasteiger charge is 2.18. The van der Waals surface area contributed by atoms with E-state index in [4.69, 9.17) is 23.2 Å². The Morgan fingerprint density at radius 3 is 2.44 bits per heavy atom. The van der Waals surface area contributed by atoms with Gasteiger partial charge in [-0.15, -0.1) is 0 Å². The van der Waals surface area contributed by atoms with Crippen molar-refractivity contribution < 1.29 is 9.53 Å². The van der Waals surface area contributed by atoms with E-state index < -0.39 is 17.6 Å². The molecule has 0 saturated heterocycles. The standard InChI is InChI=1S/C17H16Cl2N2O4/c1-10(20-24)15-13(18)9-14(19)16(22)21(15)8-7-11-3-5-12(6-4-11)17(23)25-2/h3-6,9-10H,7-8H2,1-2H3. The fraction of sp³-hybridized carbons (Fsp3) is 0.294. The SMILES string of the molecule is COC(=O)c1ccc(CCn2c(C(C)N=O)c(Cl)cc(Cl)c2=O)cc1. The van der Waals surface area contributed by atoms with Crippen LogP contribution in [0.1, 0.15) is 34.6 Å². The van der Waals surface area contributed by atoms with E-state index in [9.17, 15) is 14.5 Å². The smallest absolute Gasteiger partial charge is 0.337 e. The molecule has 1 aromatic heterocycles. The third-order valence-electron chi connectivity index (χ3n) is 3.79. The molecule has 0 N–H and O–H groups in total. The Balaban J connectivity index is 2.30. The van der Waals surface area contributed by atoms with Crippen molar-refractivity contribution in [2.45, 2.75) is 25.9 Å². The molecule has 0 bridgehead atoms. The zero-order chi connectivity index (χ0) is 18.6. The molecule has 1 atom stereocenters. The predicted octanol–water partition coefficient (Wildman–Crippen LogP) is 4.01. The van der Waals surface area contributed by atoms with Gasteiger partial charge >= 0.3 is 5.97 Å². The minimum Gasteiger partial charge on any atom is -0.465 e. The first-order chi connectivity index (χ1) is 11.9. The van der Waals surface area contributed by atoms with Gasteiger partial charge in [0.2, 0.25) is 0 Å². The van der Waals surface area contributed by atoms with Crippen LogP contribution in [0.2, 0.25) is 10.0 Å². The number of pyridine rings is 1. The number of methoxy groups -OCH3 is 1. The first-order valence-corrected chi connectivity index (χ1v) is 8.23. The van der Waals surface area contributed by atoms with Crippen LogP contribution in [0.3, 0.4) is 0 Å². The van der Waals surface area contributed by atoms with Crippen molar-refractivity contribution in [3.63, 3.8) is 0 Å². The van der Waals surface area contributed by atoms with Gasteiger partial charge in [0.05, 0.1) is 23.4 Å². The second-order valence-electron chi connectivity index (χ2n) is 5.40. The van der Waals surface area contributed by atoms with E-state index in [0.29, 0.717) is 17.7 Å². The van der Waals surface area contributed by atoms with Crippen LogP contribution in [-0.2, 0) is 17.7 Å². The summed E-state index contributed by atoms with van der Waals surface area (Å²) in [7, 11) is 1.31. The number of aryl methyl sites for hydroxylation is 1. The van der Waals surface area contributed by atoms with E-state index in [1.165, 1.54) is 17.7 Å². The van der Waals surface area contributed by atoms with Gasteiger partial charge in [0.15, 0.2) is 0 Å². The number of aromatic nitrogens is 1. The average molecular weight is 383 g/mol. The number of benzene rings is 1. The van der Waals surface area contributed by atoms with E-state index in [1.807, 2.05) is 0 Å². The molecule has 0 fully saturated rings. The minimum absolute atomic E-state index is 0.0205. The van der Waals surface area contributed by atoms with Gasteiger partial charge in [-0.1, -0.05) is 40.5 Å². The third kappa shape index (κ3) is 4.27. The lowest BCUT2D eigenvalue weighted by Crippen LogP contribution is -2.26. The summed E-state index contributed by atoms with van der Waals surface area (Å²) < 4.78 is 6.01. The lowest BCUT2D eigenvalue weighted by atomic mass is 10.1. The summed E-state index contributed by atoms with van der Waals surface area (Å²) in [5.41, 5.74) is 1.24. The van der Waals surface area contributed by atoms with E-state index in [2.05, 4.69) is 9.91 Å². The molecule has 1 unspecified atom stereocenters. The van der Waals surface area contributed by atoms with Crippen LogP contribution in [0.5, 0.6) is 0 Å². The van der Waals surface area contributed by atoms with E-state index in [-0.39, 0.29) is 16.6 Å². The number of rotatable bonds is 6. The molecule has 0 aliphatic carbocycles. The molecule has 0 saturated carbocycles. The second kappa shape index (κ2) is 8.27. The largest absolute Gasteiger partial charge is 0.465 e. The summed E-state index contributed by atoms with van der Waals surface area (Å²) in [6.45, 7) is 1.83. The first kappa shape index (κ1) is 19.1. The van der Waals surface area contributed by atoms with Gasteiger partial charge in [0.1, 0.15) is 11.1 Å². The highest BCUT2D eigenvalue weighted by atomic mass is 35.5. The van der Waals surface area contributed by atoms with Gasteiger partial charge in [-0.25, -0.2) is 4.79 Å². The molecule has 25 heavy (non-hydrogen) atoms. The van der Waals surface area contributed by atoms with E-state index >= 15 is 0 Å². The summed E-state index contributed by atoms with van der Waals surface area (Å²) in [6, 6.07) is 7.37. The van der Waals surface area contributed by atoms with Crippen molar-refractivity contribution in [1.82, 2.24) is 4.57 Å². The van der Waals surface area contributed by atoms with Crippen LogP contribution in [-0.4, -0.2) is 17.6 Å². The Morgan fingerprint density at radius 2 is 1.88 bits per heavy atom. The number of halogens is 2. The molecule has 0 amide bonds. The van der Waals surface area contributed by atoms with Crippen LogP contribution in [0.15, 0.2) is 40.3 Å². The van der Waals surface area contributed by atoms with Crippen LogP contribution in [0.4, 0.5) is 0 Å². The van der Waals surface area contributed by atoms with Crippen LogP contribution < -0.4 is 5.56 Å². The van der Waals surface area contributed by atoms with Crippen LogP contribution >= 0.6 is 23.2 Å². The molecule has 6 nitrogen and oxygen atoms in total. The zero-order valence-corrected chi connectivity index (χ0v) is 15.2. The Kier molecular flexibility index (Phi) is 6.33. The fourth-order valence-corrected chi connectivity index (χ4v) is 3.11. The predicted molar refractivity (Wildman–Crippen MR) is 96.4 cm³/mol. The Morgan fingerprint density at radius 1 is 1.24 bits per heavy atom. The Hall–Kier alpha value is -2.18. The maximum absolute atomic E-state index is 12.3. The van der Waals surface area contributed by atoms with Gasteiger partial charge in [0, 0.05) is 6.54 Å². The maximum Gasteiger partial charge on any atom is 0.337 e. The van der Waals surface area contributed by atoms with Crippen molar-refractivity contribution >= 4 is 29.2 Å². The summed E-state index contributed by atoms with van der Waals surface area (Å²) in [6.07, 6.45) is 0.483. The van der Waals surface area contributed by atoms with Crippen molar-refractivity contribution in [2.75, 3.05) is 7.11 Å². The average Bonchev–Trinajstić information content (AvgIpc) is 2.62. The summed E-state index contributed by atoms with van der Waals surface area (Å²) in [5, 5.41) is 3.16. The molecule has 1 aromatic carbocycles. The molecule has 132 valence electrons. The van der Waals surface area contributed by atoms with Crippen LogP contribution in [0, 0.1) is 4.91 Å². The molecule has 0 radical (unpaired) electrons. The quantitative estimate of drug-likeness (QED) is 0.558. The first-order valence-electron chi connectivity index (χ1n) is 7.47. The molecule has 8 heteroatoms. The number of esters is 1. The molecule has 2 aromatic rings. The molecular weight excluding hydrogens is 367 g/mol. The number of ether oxygens (including phenoxy) is 1. The highest BCUT2D eigenvalue weighted by molar-refractivity contribution is 6.34. The summed E-state index contributed by atoms with van der Waals surface area (Å²) in [4.78, 5) is 34.7. The van der Waals surface area contributed by atoms with Crippen LogP contribution in [0.25, 0.3) is 0 Å². The van der Waals surface area contributed by atoms with Gasteiger partial charge < -0.3 is 9.30 Å². The van der Waals surface area contributed by atoms with Crippen molar-refractivity contribution in [2.24, 2.45) is 5.18 Å². The van der Waals surface area contributed by atoms with Crippen molar-refractivity contribution in [3.8, 4) is 0 Å². The van der Waals surface area contributed by atoms with Crippen molar-refractivity contribution in [1.29, 1.82) is 0 Å². The van der Waals surface area contributed by atoms with Gasteiger partial charge in [-0.2, -0.15) is 4.91 Å². The number of nitroso groups, excluding NO2 is 1.